The molecule has 0 aliphatic carbocycles. The van der Waals surface area contributed by atoms with Gasteiger partial charge in [0.25, 0.3) is 0 Å². The van der Waals surface area contributed by atoms with Crippen molar-refractivity contribution < 1.29 is 29.0 Å². The third-order valence-corrected chi connectivity index (χ3v) is 5.85. The molecular weight excluding hydrogens is 409 g/mol. The lowest BCUT2D eigenvalue weighted by atomic mass is 10.1. The van der Waals surface area contributed by atoms with Gasteiger partial charge in [-0.1, -0.05) is 19.4 Å². The molecule has 28 heavy (non-hydrogen) atoms. The molecule has 0 spiro atoms. The van der Waals surface area contributed by atoms with Crippen LogP contribution in [0.3, 0.4) is 0 Å². The highest BCUT2D eigenvalue weighted by Crippen LogP contribution is 3.02. The number of hydrazine groups is 1. The Morgan fingerprint density at radius 1 is 1.18 bits per heavy atom. The van der Waals surface area contributed by atoms with Crippen LogP contribution in [0.2, 0.25) is 0 Å². The van der Waals surface area contributed by atoms with Gasteiger partial charge < -0.3 is 20.4 Å². The Bertz CT molecular complexity index is 857. The summed E-state index contributed by atoms with van der Waals surface area (Å²) in [6.07, 6.45) is 1.51. The molecule has 1 aromatic rings. The number of halogens is 5. The first-order valence-electron chi connectivity index (χ1n) is 8.44. The predicted octanol–water partition coefficient (Wildman–Crippen LogP) is 2.82. The summed E-state index contributed by atoms with van der Waals surface area (Å²) in [4.78, 5) is 12.1. The second-order valence-electron chi connectivity index (χ2n) is 6.77. The van der Waals surface area contributed by atoms with Gasteiger partial charge in [-0.2, -0.15) is 0 Å². The Morgan fingerprint density at radius 2 is 1.96 bits per heavy atom. The van der Waals surface area contributed by atoms with Crippen molar-refractivity contribution in [3.05, 3.63) is 35.7 Å². The van der Waals surface area contributed by atoms with Crippen molar-refractivity contribution in [3.63, 3.8) is 0 Å². The van der Waals surface area contributed by atoms with E-state index in [0.29, 0.717) is 13.1 Å². The van der Waals surface area contributed by atoms with Gasteiger partial charge in [0, 0.05) is 13.1 Å². The molecule has 156 valence electrons. The Labute approximate surface area is 157 Å². The Balaban J connectivity index is 1.51. The molecule has 0 saturated carbocycles. The number of anilines is 1. The van der Waals surface area contributed by atoms with Crippen LogP contribution in [0.15, 0.2) is 35.0 Å². The second kappa shape index (κ2) is 5.64. The van der Waals surface area contributed by atoms with Gasteiger partial charge in [-0.25, -0.2) is 10.2 Å². The highest BCUT2D eigenvalue weighted by Gasteiger charge is 2.65. The number of hydrogen-bond acceptors (Lipinski definition) is 7. The lowest BCUT2D eigenvalue weighted by Gasteiger charge is -2.41. The monoisotopic (exact) mass is 427 g/mol. The molecule has 3 aliphatic rings. The zero-order chi connectivity index (χ0) is 20.2. The highest BCUT2D eigenvalue weighted by atomic mass is 32.5. The predicted molar refractivity (Wildman–Crippen MR) is 93.0 cm³/mol. The van der Waals surface area contributed by atoms with E-state index in [1.165, 1.54) is 0 Å². The van der Waals surface area contributed by atoms with Crippen LogP contribution < -0.4 is 21.5 Å². The smallest absolute Gasteiger partial charge is 0.342 e. The summed E-state index contributed by atoms with van der Waals surface area (Å²) in [5.74, 6) is -0.230. The quantitative estimate of drug-likeness (QED) is 0.437. The van der Waals surface area contributed by atoms with Crippen LogP contribution in [0.5, 0.6) is 0 Å². The maximum atomic E-state index is 13.0. The first kappa shape index (κ1) is 19.1. The van der Waals surface area contributed by atoms with Gasteiger partial charge in [-0.05, 0) is 30.7 Å². The van der Waals surface area contributed by atoms with E-state index in [9.17, 15) is 24.2 Å². The number of fused-ring (bicyclic) bond motifs is 1. The van der Waals surface area contributed by atoms with Gasteiger partial charge >= 0.3 is 16.2 Å². The maximum absolute atomic E-state index is 13.0. The summed E-state index contributed by atoms with van der Waals surface area (Å²) >= 11 is 0. The summed E-state index contributed by atoms with van der Waals surface area (Å²) in [7, 11) is -9.88. The average Bonchev–Trinajstić information content (AvgIpc) is 3.14. The molecule has 2 atom stereocenters. The summed E-state index contributed by atoms with van der Waals surface area (Å²) in [6, 6.07) is 0.816. The number of cyclic esters (lactones) is 1. The van der Waals surface area contributed by atoms with E-state index < -0.39 is 38.9 Å². The molecule has 1 fully saturated rings. The van der Waals surface area contributed by atoms with Crippen LogP contribution in [0, 0.1) is 0 Å². The number of nitrogens with one attached hydrogen (secondary N) is 4. The van der Waals surface area contributed by atoms with E-state index in [1.807, 2.05) is 6.08 Å². The van der Waals surface area contributed by atoms with E-state index >= 15 is 0 Å². The standard InChI is InChI=1S/C15H18F5N5O2S/c16-28(17,18,19,20)9-1-2-11-10(7-9)15(26)27-14(22-11)12-3-4-13(24-23-12)25-6-5-21-8-25/h1-2,4,7,12,14,21-24H,3,5-6,8H2. The van der Waals surface area contributed by atoms with Crippen LogP contribution in [0.4, 0.5) is 25.1 Å². The molecule has 4 rings (SSSR count). The molecular formula is C15H18F5N5O2S. The van der Waals surface area contributed by atoms with Crippen molar-refractivity contribution in [2.75, 3.05) is 25.1 Å². The SMILES string of the molecule is O=C1OC(C2CC=C(N3CCNC3)NN2)Nc2ccc(S(F)(F)(F)(F)F)cc21. The minimum absolute atomic E-state index is 0.00664. The first-order chi connectivity index (χ1) is 12.9. The molecule has 4 N–H and O–H groups in total. The van der Waals surface area contributed by atoms with Gasteiger partial charge in [-0.15, -0.1) is 0 Å². The van der Waals surface area contributed by atoms with Gasteiger partial charge in [0.1, 0.15) is 10.7 Å². The highest BCUT2D eigenvalue weighted by molar-refractivity contribution is 8.45. The molecule has 0 amide bonds. The fourth-order valence-corrected chi connectivity index (χ4v) is 3.90. The third kappa shape index (κ3) is 3.69. The number of rotatable bonds is 3. The van der Waals surface area contributed by atoms with Crippen molar-refractivity contribution in [1.82, 2.24) is 21.1 Å². The molecule has 2 unspecified atom stereocenters. The molecule has 0 radical (unpaired) electrons. The van der Waals surface area contributed by atoms with Crippen LogP contribution in [-0.2, 0) is 4.74 Å². The third-order valence-electron chi connectivity index (χ3n) is 4.71. The Morgan fingerprint density at radius 3 is 2.57 bits per heavy atom. The molecule has 3 heterocycles. The summed E-state index contributed by atoms with van der Waals surface area (Å²) in [5, 5.41) is 5.97. The van der Waals surface area contributed by atoms with Gasteiger partial charge in [0.05, 0.1) is 24.0 Å². The normalized spacial score (nSPS) is 27.5. The minimum Gasteiger partial charge on any atom is -0.436 e. The molecule has 0 bridgehead atoms. The number of carbonyl (C=O) groups is 1. The molecule has 3 aliphatic heterocycles. The van der Waals surface area contributed by atoms with E-state index in [2.05, 4.69) is 26.4 Å². The van der Waals surface area contributed by atoms with Crippen LogP contribution in [0.25, 0.3) is 0 Å². The largest absolute Gasteiger partial charge is 0.436 e. The van der Waals surface area contributed by atoms with Gasteiger partial charge in [0.2, 0.25) is 0 Å². The number of ether oxygens (including phenoxy) is 1. The fraction of sp³-hybridized carbons (Fsp3) is 0.400. The Hall–Kier alpha value is -2.25. The maximum Gasteiger partial charge on any atom is 0.342 e. The van der Waals surface area contributed by atoms with E-state index in [-0.39, 0.29) is 17.8 Å². The van der Waals surface area contributed by atoms with Crippen LogP contribution >= 0.6 is 10.2 Å². The average molecular weight is 427 g/mol. The zero-order valence-electron chi connectivity index (χ0n) is 14.4. The molecule has 13 heteroatoms. The Kier molecular flexibility index (Phi) is 3.84. The number of esters is 1. The summed E-state index contributed by atoms with van der Waals surface area (Å²) in [6.45, 7) is 2.40. The van der Waals surface area contributed by atoms with E-state index in [1.54, 1.807) is 0 Å². The first-order valence-corrected chi connectivity index (χ1v) is 10.4. The minimum atomic E-state index is -9.88. The molecule has 1 saturated heterocycles. The van der Waals surface area contributed by atoms with E-state index in [4.69, 9.17) is 4.74 Å². The van der Waals surface area contributed by atoms with Crippen molar-refractivity contribution in [2.24, 2.45) is 0 Å². The number of hydrogen-bond donors (Lipinski definition) is 4. The summed E-state index contributed by atoms with van der Waals surface area (Å²) in [5.41, 5.74) is 5.43. The van der Waals surface area contributed by atoms with Crippen molar-refractivity contribution in [1.29, 1.82) is 0 Å². The number of carbonyl (C=O) groups excluding carboxylic acids is 1. The van der Waals surface area contributed by atoms with Crippen LogP contribution in [0.1, 0.15) is 16.8 Å². The molecule has 0 aromatic heterocycles. The van der Waals surface area contributed by atoms with Crippen LogP contribution in [-0.4, -0.2) is 42.9 Å². The second-order valence-corrected chi connectivity index (χ2v) is 9.18. The number of nitrogens with zero attached hydrogens (tertiary/aromatic N) is 1. The fourth-order valence-electron chi connectivity index (χ4n) is 3.24. The van der Waals surface area contributed by atoms with Gasteiger partial charge in [0.15, 0.2) is 6.23 Å². The lowest BCUT2D eigenvalue weighted by molar-refractivity contribution is 0.0226. The summed E-state index contributed by atoms with van der Waals surface area (Å²) < 4.78 is 70.0. The van der Waals surface area contributed by atoms with Crippen molar-refractivity contribution in [2.45, 2.75) is 23.6 Å². The van der Waals surface area contributed by atoms with Crippen molar-refractivity contribution >= 4 is 21.9 Å². The van der Waals surface area contributed by atoms with Crippen molar-refractivity contribution in [3.8, 4) is 0 Å². The van der Waals surface area contributed by atoms with Gasteiger partial charge in [-0.3, -0.25) is 5.32 Å². The zero-order valence-corrected chi connectivity index (χ0v) is 15.2. The topological polar surface area (TPSA) is 77.7 Å². The molecule has 7 nitrogen and oxygen atoms in total. The van der Waals surface area contributed by atoms with E-state index in [0.717, 1.165) is 25.0 Å². The number of benzene rings is 1. The molecule has 1 aromatic carbocycles. The lowest BCUT2D eigenvalue weighted by Crippen LogP contribution is -2.56.